The second kappa shape index (κ2) is 9.65. The highest BCUT2D eigenvalue weighted by Crippen LogP contribution is 2.37. The van der Waals surface area contributed by atoms with Crippen molar-refractivity contribution < 1.29 is 41.8 Å². The third kappa shape index (κ3) is 5.82. The summed E-state index contributed by atoms with van der Waals surface area (Å²) in [4.78, 5) is 31.2. The minimum atomic E-state index is -5.08. The molecule has 2 fully saturated rings. The van der Waals surface area contributed by atoms with Gasteiger partial charge in [0, 0.05) is 25.4 Å². The molecule has 0 unspecified atom stereocenters. The Labute approximate surface area is 181 Å². The van der Waals surface area contributed by atoms with E-state index in [-0.39, 0.29) is 17.6 Å². The van der Waals surface area contributed by atoms with E-state index in [0.717, 1.165) is 18.4 Å². The van der Waals surface area contributed by atoms with Gasteiger partial charge in [-0.3, -0.25) is 9.78 Å². The lowest BCUT2D eigenvalue weighted by Gasteiger charge is -2.23. The van der Waals surface area contributed by atoms with Crippen molar-refractivity contribution in [2.45, 2.75) is 44.3 Å². The van der Waals surface area contributed by atoms with E-state index in [9.17, 15) is 18.0 Å². The van der Waals surface area contributed by atoms with Crippen LogP contribution in [-0.2, 0) is 20.9 Å². The number of hydrogen-bond acceptors (Lipinski definition) is 7. The van der Waals surface area contributed by atoms with Crippen molar-refractivity contribution in [2.24, 2.45) is 0 Å². The van der Waals surface area contributed by atoms with Crippen LogP contribution in [0.4, 0.5) is 13.2 Å². The van der Waals surface area contributed by atoms with E-state index in [1.165, 1.54) is 6.39 Å². The van der Waals surface area contributed by atoms with Crippen LogP contribution in [0.5, 0.6) is 0 Å². The first-order valence-electron chi connectivity index (χ1n) is 9.73. The minimum Gasteiger partial charge on any atom is -0.475 e. The number of nitrogens with zero attached hydrogens (tertiary/aromatic N) is 3. The van der Waals surface area contributed by atoms with Crippen LogP contribution in [0.1, 0.15) is 34.7 Å². The maximum absolute atomic E-state index is 12.6. The molecule has 174 valence electrons. The number of aliphatic carboxylic acids is 1. The van der Waals surface area contributed by atoms with Crippen LogP contribution in [0.15, 0.2) is 35.3 Å². The van der Waals surface area contributed by atoms with Crippen LogP contribution in [0.2, 0.25) is 0 Å². The average Bonchev–Trinajstić information content (AvgIpc) is 3.47. The number of hydrogen-bond donors (Lipinski definition) is 1. The van der Waals surface area contributed by atoms with Gasteiger partial charge in [-0.25, -0.2) is 9.78 Å². The summed E-state index contributed by atoms with van der Waals surface area (Å²) in [5, 5.41) is 7.12. The Morgan fingerprint density at radius 3 is 2.62 bits per heavy atom. The summed E-state index contributed by atoms with van der Waals surface area (Å²) in [6.07, 6.45) is 1.42. The molecule has 2 aromatic rings. The molecular weight excluding hydrogens is 435 g/mol. The summed E-state index contributed by atoms with van der Waals surface area (Å²) < 4.78 is 49.0. The number of carboxylic acid groups (broad SMARTS) is 1. The molecule has 2 aliphatic heterocycles. The van der Waals surface area contributed by atoms with Crippen LogP contribution < -0.4 is 0 Å². The van der Waals surface area contributed by atoms with Crippen molar-refractivity contribution in [3.63, 3.8) is 0 Å². The number of aromatic nitrogens is 2. The van der Waals surface area contributed by atoms with Crippen LogP contribution >= 0.6 is 0 Å². The van der Waals surface area contributed by atoms with Gasteiger partial charge in [-0.15, -0.1) is 0 Å². The zero-order valence-electron chi connectivity index (χ0n) is 17.2. The number of carbonyl (C=O) groups is 2. The molecule has 2 atom stereocenters. The Kier molecular flexibility index (Phi) is 7.14. The third-order valence-electron chi connectivity index (χ3n) is 5.20. The number of ether oxygens (including phenoxy) is 2. The number of likely N-dealkylation sites (tertiary alicyclic amines) is 1. The highest BCUT2D eigenvalue weighted by molar-refractivity contribution is 5.92. The van der Waals surface area contributed by atoms with E-state index < -0.39 is 12.1 Å². The monoisotopic (exact) mass is 457 g/mol. The number of aryl methyl sites for hydroxylation is 1. The van der Waals surface area contributed by atoms with Crippen LogP contribution in [0.25, 0.3) is 0 Å². The summed E-state index contributed by atoms with van der Waals surface area (Å²) in [6.45, 7) is 4.12. The summed E-state index contributed by atoms with van der Waals surface area (Å²) in [5.41, 5.74) is 1.42. The van der Waals surface area contributed by atoms with E-state index in [4.69, 9.17) is 23.8 Å². The first-order chi connectivity index (χ1) is 15.1. The summed E-state index contributed by atoms with van der Waals surface area (Å²) in [7, 11) is 0. The normalized spacial score (nSPS) is 22.6. The fourth-order valence-corrected chi connectivity index (χ4v) is 3.56. The van der Waals surface area contributed by atoms with Crippen molar-refractivity contribution in [1.29, 1.82) is 0 Å². The molecular formula is C20H22F3N3O6. The Morgan fingerprint density at radius 2 is 2.03 bits per heavy atom. The second-order valence-corrected chi connectivity index (χ2v) is 7.53. The number of rotatable bonds is 4. The molecule has 32 heavy (non-hydrogen) atoms. The molecule has 1 spiro atoms. The lowest BCUT2D eigenvalue weighted by Crippen LogP contribution is -2.36. The zero-order chi connectivity index (χ0) is 23.4. The molecule has 4 rings (SSSR count). The molecule has 9 nitrogen and oxygen atoms in total. The molecule has 4 heterocycles. The topological polar surface area (TPSA) is 115 Å². The van der Waals surface area contributed by atoms with E-state index in [1.807, 2.05) is 12.1 Å². The van der Waals surface area contributed by atoms with Gasteiger partial charge in [-0.05, 0) is 31.0 Å². The van der Waals surface area contributed by atoms with Gasteiger partial charge in [0.25, 0.3) is 5.91 Å². The van der Waals surface area contributed by atoms with Crippen LogP contribution in [0.3, 0.4) is 0 Å². The molecule has 1 amide bonds. The van der Waals surface area contributed by atoms with Crippen molar-refractivity contribution in [1.82, 2.24) is 14.9 Å². The lowest BCUT2D eigenvalue weighted by molar-refractivity contribution is -0.192. The molecule has 0 radical (unpaired) electrons. The number of pyridine rings is 1. The summed E-state index contributed by atoms with van der Waals surface area (Å²) >= 11 is 0. The van der Waals surface area contributed by atoms with Gasteiger partial charge in [-0.1, -0.05) is 0 Å². The van der Waals surface area contributed by atoms with Crippen molar-refractivity contribution >= 4 is 11.9 Å². The van der Waals surface area contributed by atoms with Gasteiger partial charge < -0.3 is 23.9 Å². The highest BCUT2D eigenvalue weighted by Gasteiger charge is 2.47. The predicted octanol–water partition coefficient (Wildman–Crippen LogP) is 2.60. The number of halogens is 3. The molecule has 1 N–H and O–H groups in total. The van der Waals surface area contributed by atoms with Gasteiger partial charge in [0.05, 0.1) is 37.2 Å². The van der Waals surface area contributed by atoms with Crippen LogP contribution in [-0.4, -0.2) is 69.4 Å². The van der Waals surface area contributed by atoms with Crippen LogP contribution in [0, 0.1) is 6.92 Å². The van der Waals surface area contributed by atoms with E-state index >= 15 is 0 Å². The van der Waals surface area contributed by atoms with Crippen molar-refractivity contribution in [3.8, 4) is 0 Å². The van der Waals surface area contributed by atoms with E-state index in [2.05, 4.69) is 9.97 Å². The number of carboxylic acids is 1. The standard InChI is InChI=1S/C18H21N3O4.C2HF3O2/c1-13-16(24-12-20-13)17(22)21-7-4-18(11-21)8-15(10-25-18)23-9-14-2-5-19-6-3-14;3-2(4,5)1(6)7/h2-3,5-6,12,15H,4,7-11H2,1H3;(H,6,7)/t15-,18+;/m1./s1. The largest absolute Gasteiger partial charge is 0.490 e. The predicted molar refractivity (Wildman–Crippen MR) is 102 cm³/mol. The molecule has 12 heteroatoms. The quantitative estimate of drug-likeness (QED) is 0.745. The third-order valence-corrected chi connectivity index (χ3v) is 5.20. The highest BCUT2D eigenvalue weighted by atomic mass is 19.4. The van der Waals surface area contributed by atoms with E-state index in [1.54, 1.807) is 24.2 Å². The number of alkyl halides is 3. The van der Waals surface area contributed by atoms with E-state index in [0.29, 0.717) is 37.8 Å². The lowest BCUT2D eigenvalue weighted by atomic mass is 9.98. The maximum atomic E-state index is 12.6. The van der Waals surface area contributed by atoms with Crippen molar-refractivity contribution in [3.05, 3.63) is 47.9 Å². The first-order valence-corrected chi connectivity index (χ1v) is 9.73. The fraction of sp³-hybridized carbons (Fsp3) is 0.500. The Balaban J connectivity index is 0.000000360. The maximum Gasteiger partial charge on any atom is 0.490 e. The number of carbonyl (C=O) groups excluding carboxylic acids is 1. The number of amides is 1. The van der Waals surface area contributed by atoms with Gasteiger partial charge in [0.15, 0.2) is 6.39 Å². The summed E-state index contributed by atoms with van der Waals surface area (Å²) in [6, 6.07) is 3.89. The second-order valence-electron chi connectivity index (χ2n) is 7.53. The fourth-order valence-electron chi connectivity index (χ4n) is 3.56. The Hall–Kier alpha value is -2.99. The average molecular weight is 457 g/mol. The molecule has 2 aromatic heterocycles. The smallest absolute Gasteiger partial charge is 0.475 e. The van der Waals surface area contributed by atoms with Gasteiger partial charge in [-0.2, -0.15) is 13.2 Å². The number of oxazole rings is 1. The molecule has 0 bridgehead atoms. The molecule has 0 aromatic carbocycles. The van der Waals surface area contributed by atoms with Gasteiger partial charge in [0.1, 0.15) is 0 Å². The zero-order valence-corrected chi connectivity index (χ0v) is 17.2. The molecule has 2 saturated heterocycles. The minimum absolute atomic E-state index is 0.0511. The molecule has 0 aliphatic carbocycles. The Bertz CT molecular complexity index is 936. The molecule has 0 saturated carbocycles. The Morgan fingerprint density at radius 1 is 1.34 bits per heavy atom. The molecule has 2 aliphatic rings. The SMILES string of the molecule is Cc1ncoc1C(=O)N1CC[C@]2(C[C@@H](OCc3ccncc3)CO2)C1.O=C(O)C(F)(F)F. The summed E-state index contributed by atoms with van der Waals surface area (Å²) in [5.74, 6) is -2.55. The van der Waals surface area contributed by atoms with Crippen molar-refractivity contribution in [2.75, 3.05) is 19.7 Å². The van der Waals surface area contributed by atoms with Gasteiger partial charge in [0.2, 0.25) is 5.76 Å². The van der Waals surface area contributed by atoms with Gasteiger partial charge >= 0.3 is 12.1 Å². The first kappa shape index (κ1) is 23.7.